The maximum Gasteiger partial charge on any atom is 0.0447 e. The third kappa shape index (κ3) is 2.24. The fourth-order valence-electron chi connectivity index (χ4n) is 3.77. The first-order chi connectivity index (χ1) is 10.3. The Morgan fingerprint density at radius 1 is 0.952 bits per heavy atom. The predicted octanol–water partition coefficient (Wildman–Crippen LogP) is 3.83. The van der Waals surface area contributed by atoms with Crippen molar-refractivity contribution in [1.82, 2.24) is 5.32 Å². The summed E-state index contributed by atoms with van der Waals surface area (Å²) < 4.78 is 0. The molecule has 108 valence electrons. The van der Waals surface area contributed by atoms with E-state index in [1.54, 1.807) is 0 Å². The molecule has 21 heavy (non-hydrogen) atoms. The number of piperidine rings is 1. The Kier molecular flexibility index (Phi) is 3.19. The van der Waals surface area contributed by atoms with Crippen molar-refractivity contribution in [3.8, 4) is 0 Å². The number of benzene rings is 2. The van der Waals surface area contributed by atoms with Gasteiger partial charge in [0.05, 0.1) is 0 Å². The quantitative estimate of drug-likeness (QED) is 0.853. The van der Waals surface area contributed by atoms with Crippen molar-refractivity contribution in [1.29, 1.82) is 0 Å². The molecule has 2 nitrogen and oxygen atoms in total. The van der Waals surface area contributed by atoms with Crippen LogP contribution in [-0.2, 0) is 6.42 Å². The summed E-state index contributed by atoms with van der Waals surface area (Å²) in [5, 5.41) is 3.46. The monoisotopic (exact) mass is 278 g/mol. The van der Waals surface area contributed by atoms with E-state index in [0.717, 1.165) is 25.4 Å². The second-order valence-electron chi connectivity index (χ2n) is 6.28. The Hall–Kier alpha value is -1.80. The highest BCUT2D eigenvalue weighted by atomic mass is 15.1. The number of nitrogens with zero attached hydrogens (tertiary/aromatic N) is 1. The predicted molar refractivity (Wildman–Crippen MR) is 88.6 cm³/mol. The van der Waals surface area contributed by atoms with Crippen molar-refractivity contribution in [2.75, 3.05) is 25.0 Å². The summed E-state index contributed by atoms with van der Waals surface area (Å²) in [4.78, 5) is 2.36. The van der Waals surface area contributed by atoms with Crippen molar-refractivity contribution in [2.45, 2.75) is 25.2 Å². The summed E-state index contributed by atoms with van der Waals surface area (Å²) in [7, 11) is 2.20. The molecule has 4 rings (SSSR count). The van der Waals surface area contributed by atoms with E-state index in [9.17, 15) is 0 Å². The van der Waals surface area contributed by atoms with E-state index in [2.05, 4.69) is 59.7 Å². The number of hydrogen-bond acceptors (Lipinski definition) is 2. The van der Waals surface area contributed by atoms with Gasteiger partial charge in [0, 0.05) is 24.8 Å². The van der Waals surface area contributed by atoms with Crippen molar-refractivity contribution in [2.24, 2.45) is 0 Å². The standard InChI is InChI=1S/C19H22N2/c1-21-18-5-3-2-4-16(18)12-17-7-6-15(13-19(17)21)14-8-10-20-11-9-14/h2-7,13-14,20H,8-12H2,1H3. The van der Waals surface area contributed by atoms with Crippen molar-refractivity contribution in [3.05, 3.63) is 59.2 Å². The van der Waals surface area contributed by atoms with Crippen LogP contribution < -0.4 is 10.2 Å². The van der Waals surface area contributed by atoms with Gasteiger partial charge in [-0.15, -0.1) is 0 Å². The number of nitrogens with one attached hydrogen (secondary N) is 1. The lowest BCUT2D eigenvalue weighted by Gasteiger charge is -2.32. The first kappa shape index (κ1) is 12.9. The van der Waals surface area contributed by atoms with Crippen LogP contribution in [0.4, 0.5) is 11.4 Å². The van der Waals surface area contributed by atoms with Crippen LogP contribution in [0, 0.1) is 0 Å². The molecule has 2 aliphatic rings. The maximum atomic E-state index is 3.46. The van der Waals surface area contributed by atoms with E-state index in [1.807, 2.05) is 0 Å². The molecule has 2 heterocycles. The summed E-state index contributed by atoms with van der Waals surface area (Å²) in [6, 6.07) is 15.9. The van der Waals surface area contributed by atoms with Crippen molar-refractivity contribution < 1.29 is 0 Å². The Morgan fingerprint density at radius 3 is 2.57 bits per heavy atom. The van der Waals surface area contributed by atoms with Gasteiger partial charge < -0.3 is 10.2 Å². The van der Waals surface area contributed by atoms with Crippen LogP contribution in [-0.4, -0.2) is 20.1 Å². The van der Waals surface area contributed by atoms with E-state index < -0.39 is 0 Å². The molecule has 2 aromatic rings. The lowest BCUT2D eigenvalue weighted by atomic mass is 9.87. The first-order valence-corrected chi connectivity index (χ1v) is 7.98. The zero-order valence-corrected chi connectivity index (χ0v) is 12.6. The Balaban J connectivity index is 1.71. The molecule has 0 aliphatic carbocycles. The average molecular weight is 278 g/mol. The molecule has 0 unspecified atom stereocenters. The second-order valence-corrected chi connectivity index (χ2v) is 6.28. The highest BCUT2D eigenvalue weighted by Gasteiger charge is 2.22. The minimum absolute atomic E-state index is 0.724. The van der Waals surface area contributed by atoms with E-state index in [-0.39, 0.29) is 0 Å². The zero-order valence-electron chi connectivity index (χ0n) is 12.6. The number of hydrogen-bond donors (Lipinski definition) is 1. The zero-order chi connectivity index (χ0) is 14.2. The third-order valence-electron chi connectivity index (χ3n) is 5.02. The minimum atomic E-state index is 0.724. The minimum Gasteiger partial charge on any atom is -0.344 e. The van der Waals surface area contributed by atoms with E-state index >= 15 is 0 Å². The first-order valence-electron chi connectivity index (χ1n) is 7.98. The summed E-state index contributed by atoms with van der Waals surface area (Å²) in [6.45, 7) is 2.31. The van der Waals surface area contributed by atoms with E-state index in [4.69, 9.17) is 0 Å². The summed E-state index contributed by atoms with van der Waals surface area (Å²) in [5.41, 5.74) is 7.15. The van der Waals surface area contributed by atoms with Crippen LogP contribution >= 0.6 is 0 Å². The average Bonchev–Trinajstić information content (AvgIpc) is 2.56. The van der Waals surface area contributed by atoms with Crippen LogP contribution in [0.25, 0.3) is 0 Å². The van der Waals surface area contributed by atoms with Gasteiger partial charge in [-0.25, -0.2) is 0 Å². The largest absolute Gasteiger partial charge is 0.344 e. The molecule has 1 N–H and O–H groups in total. The lowest BCUT2D eigenvalue weighted by Crippen LogP contribution is -2.27. The van der Waals surface area contributed by atoms with Crippen LogP contribution in [0.5, 0.6) is 0 Å². The van der Waals surface area contributed by atoms with E-state index in [1.165, 1.54) is 40.9 Å². The number of fused-ring (bicyclic) bond motifs is 2. The van der Waals surface area contributed by atoms with Gasteiger partial charge in [-0.05, 0) is 60.7 Å². The normalized spacial score (nSPS) is 18.2. The summed E-state index contributed by atoms with van der Waals surface area (Å²) in [5.74, 6) is 0.724. The number of para-hydroxylation sites is 1. The van der Waals surface area contributed by atoms with Gasteiger partial charge in [0.15, 0.2) is 0 Å². The Bertz CT molecular complexity index is 656. The molecular weight excluding hydrogens is 256 g/mol. The maximum absolute atomic E-state index is 3.46. The Labute approximate surface area is 126 Å². The molecule has 2 aromatic carbocycles. The van der Waals surface area contributed by atoms with Gasteiger partial charge in [0.2, 0.25) is 0 Å². The van der Waals surface area contributed by atoms with Gasteiger partial charge >= 0.3 is 0 Å². The Morgan fingerprint density at radius 2 is 1.71 bits per heavy atom. The van der Waals surface area contributed by atoms with Gasteiger partial charge in [-0.3, -0.25) is 0 Å². The number of rotatable bonds is 1. The molecule has 0 atom stereocenters. The lowest BCUT2D eigenvalue weighted by molar-refractivity contribution is 0.460. The molecule has 0 radical (unpaired) electrons. The topological polar surface area (TPSA) is 15.3 Å². The van der Waals surface area contributed by atoms with Gasteiger partial charge in [-0.2, -0.15) is 0 Å². The second kappa shape index (κ2) is 5.19. The third-order valence-corrected chi connectivity index (χ3v) is 5.02. The summed E-state index contributed by atoms with van der Waals surface area (Å²) >= 11 is 0. The van der Waals surface area contributed by atoms with E-state index in [0.29, 0.717) is 0 Å². The molecule has 2 heteroatoms. The van der Waals surface area contributed by atoms with Crippen LogP contribution in [0.15, 0.2) is 42.5 Å². The molecule has 0 saturated carbocycles. The summed E-state index contributed by atoms with van der Waals surface area (Å²) in [6.07, 6.45) is 3.58. The fraction of sp³-hybridized carbons (Fsp3) is 0.368. The SMILES string of the molecule is CN1c2ccccc2Cc2ccc(C3CCNCC3)cc21. The van der Waals surface area contributed by atoms with Crippen molar-refractivity contribution >= 4 is 11.4 Å². The molecule has 0 spiro atoms. The van der Waals surface area contributed by atoms with Gasteiger partial charge in [0.25, 0.3) is 0 Å². The van der Waals surface area contributed by atoms with Crippen LogP contribution in [0.3, 0.4) is 0 Å². The van der Waals surface area contributed by atoms with Crippen molar-refractivity contribution in [3.63, 3.8) is 0 Å². The smallest absolute Gasteiger partial charge is 0.0447 e. The number of anilines is 2. The molecule has 2 aliphatic heterocycles. The molecule has 0 bridgehead atoms. The molecule has 1 fully saturated rings. The van der Waals surface area contributed by atoms with Crippen LogP contribution in [0.2, 0.25) is 0 Å². The highest BCUT2D eigenvalue weighted by Crippen LogP contribution is 2.39. The van der Waals surface area contributed by atoms with Gasteiger partial charge in [0.1, 0.15) is 0 Å². The fourth-order valence-corrected chi connectivity index (χ4v) is 3.77. The highest BCUT2D eigenvalue weighted by molar-refractivity contribution is 5.74. The van der Waals surface area contributed by atoms with Crippen LogP contribution in [0.1, 0.15) is 35.4 Å². The van der Waals surface area contributed by atoms with Gasteiger partial charge in [-0.1, -0.05) is 30.3 Å². The molecule has 1 saturated heterocycles. The molecular formula is C19H22N2. The molecule has 0 amide bonds. The molecule has 0 aromatic heterocycles.